The molecule has 2 aromatic heterocycles. The topological polar surface area (TPSA) is 111 Å². The van der Waals surface area contributed by atoms with Crippen LogP contribution in [0.3, 0.4) is 0 Å². The Morgan fingerprint density at radius 1 is 1.06 bits per heavy atom. The van der Waals surface area contributed by atoms with E-state index < -0.39 is 10.3 Å². The average Bonchev–Trinajstić information content (AvgIpc) is 3.51. The van der Waals surface area contributed by atoms with Gasteiger partial charge in [0.05, 0.1) is 10.3 Å². The SMILES string of the molecule is O=C(NCc1ccc(-c2nc3ncccc3o2)cc1)C1(c2ccc([N+](=O)[O-])cc2)CCCC1. The van der Waals surface area contributed by atoms with E-state index in [0.29, 0.717) is 23.7 Å². The molecule has 2 heterocycles. The molecule has 4 aromatic rings. The molecule has 5 rings (SSSR count). The van der Waals surface area contributed by atoms with Crippen LogP contribution < -0.4 is 5.32 Å². The van der Waals surface area contributed by atoms with Gasteiger partial charge in [0, 0.05) is 30.4 Å². The quantitative estimate of drug-likeness (QED) is 0.335. The van der Waals surface area contributed by atoms with Gasteiger partial charge in [-0.15, -0.1) is 0 Å². The van der Waals surface area contributed by atoms with E-state index in [2.05, 4.69) is 15.3 Å². The third-order valence-corrected chi connectivity index (χ3v) is 6.34. The van der Waals surface area contributed by atoms with Gasteiger partial charge < -0.3 is 9.73 Å². The highest BCUT2D eigenvalue weighted by Crippen LogP contribution is 2.42. The van der Waals surface area contributed by atoms with Crippen molar-refractivity contribution in [3.63, 3.8) is 0 Å². The fourth-order valence-corrected chi connectivity index (χ4v) is 4.54. The zero-order valence-corrected chi connectivity index (χ0v) is 17.9. The summed E-state index contributed by atoms with van der Waals surface area (Å²) in [4.78, 5) is 32.4. The highest BCUT2D eigenvalue weighted by molar-refractivity contribution is 5.88. The molecule has 33 heavy (non-hydrogen) atoms. The minimum absolute atomic E-state index is 0.0297. The molecule has 0 spiro atoms. The van der Waals surface area contributed by atoms with Gasteiger partial charge in [-0.05, 0) is 48.2 Å². The number of oxazole rings is 1. The Hall–Kier alpha value is -4.07. The van der Waals surface area contributed by atoms with Crippen molar-refractivity contribution >= 4 is 22.8 Å². The lowest BCUT2D eigenvalue weighted by Crippen LogP contribution is -2.42. The number of rotatable bonds is 6. The molecule has 0 radical (unpaired) electrons. The van der Waals surface area contributed by atoms with Crippen LogP contribution >= 0.6 is 0 Å². The molecule has 166 valence electrons. The van der Waals surface area contributed by atoms with Crippen molar-refractivity contribution in [2.45, 2.75) is 37.6 Å². The average molecular weight is 442 g/mol. The predicted molar refractivity (Wildman–Crippen MR) is 122 cm³/mol. The van der Waals surface area contributed by atoms with Crippen LogP contribution in [0, 0.1) is 10.1 Å². The molecule has 1 amide bonds. The van der Waals surface area contributed by atoms with Crippen LogP contribution in [0.1, 0.15) is 36.8 Å². The minimum Gasteiger partial charge on any atom is -0.434 e. The second-order valence-corrected chi connectivity index (χ2v) is 8.32. The van der Waals surface area contributed by atoms with Gasteiger partial charge in [0.15, 0.2) is 11.2 Å². The Balaban J connectivity index is 1.29. The lowest BCUT2D eigenvalue weighted by Gasteiger charge is -2.28. The summed E-state index contributed by atoms with van der Waals surface area (Å²) in [5.74, 6) is 0.463. The van der Waals surface area contributed by atoms with Gasteiger partial charge in [-0.1, -0.05) is 37.1 Å². The number of carbonyl (C=O) groups excluding carboxylic acids is 1. The number of benzene rings is 2. The highest BCUT2D eigenvalue weighted by Gasteiger charge is 2.42. The van der Waals surface area contributed by atoms with Crippen LogP contribution in [0.25, 0.3) is 22.7 Å². The summed E-state index contributed by atoms with van der Waals surface area (Å²) in [6.45, 7) is 0.392. The lowest BCUT2D eigenvalue weighted by atomic mass is 9.78. The fourth-order valence-electron chi connectivity index (χ4n) is 4.54. The van der Waals surface area contributed by atoms with Crippen molar-refractivity contribution in [3.05, 3.63) is 88.1 Å². The van der Waals surface area contributed by atoms with E-state index in [1.54, 1.807) is 24.4 Å². The second kappa shape index (κ2) is 8.46. The predicted octanol–water partition coefficient (Wildman–Crippen LogP) is 4.93. The maximum absolute atomic E-state index is 13.3. The number of nitrogens with one attached hydrogen (secondary N) is 1. The van der Waals surface area contributed by atoms with Crippen molar-refractivity contribution in [2.24, 2.45) is 0 Å². The van der Waals surface area contributed by atoms with E-state index in [1.807, 2.05) is 30.3 Å². The first-order chi connectivity index (χ1) is 16.0. The number of carbonyl (C=O) groups is 1. The summed E-state index contributed by atoms with van der Waals surface area (Å²) in [6.07, 6.45) is 5.06. The molecule has 1 saturated carbocycles. The molecular weight excluding hydrogens is 420 g/mol. The van der Waals surface area contributed by atoms with Gasteiger partial charge in [-0.25, -0.2) is 4.98 Å². The number of amides is 1. The van der Waals surface area contributed by atoms with Crippen LogP contribution in [0.4, 0.5) is 5.69 Å². The van der Waals surface area contributed by atoms with E-state index in [9.17, 15) is 14.9 Å². The van der Waals surface area contributed by atoms with Gasteiger partial charge >= 0.3 is 0 Å². The summed E-state index contributed by atoms with van der Waals surface area (Å²) in [6, 6.07) is 17.7. The third kappa shape index (κ3) is 3.95. The van der Waals surface area contributed by atoms with Gasteiger partial charge in [0.25, 0.3) is 5.69 Å². The van der Waals surface area contributed by atoms with Gasteiger partial charge in [0.1, 0.15) is 0 Å². The Morgan fingerprint density at radius 3 is 2.45 bits per heavy atom. The van der Waals surface area contributed by atoms with E-state index in [4.69, 9.17) is 4.42 Å². The number of pyridine rings is 1. The molecular formula is C25H22N4O4. The van der Waals surface area contributed by atoms with Crippen LogP contribution in [0.2, 0.25) is 0 Å². The number of hydrogen-bond acceptors (Lipinski definition) is 6. The first-order valence-corrected chi connectivity index (χ1v) is 10.9. The Labute approximate surface area is 189 Å². The Bertz CT molecular complexity index is 1270. The number of nitro benzene ring substituents is 1. The summed E-state index contributed by atoms with van der Waals surface area (Å²) >= 11 is 0. The largest absolute Gasteiger partial charge is 0.434 e. The first-order valence-electron chi connectivity index (χ1n) is 10.9. The fraction of sp³-hybridized carbons (Fsp3) is 0.240. The molecule has 1 N–H and O–H groups in total. The molecule has 0 saturated heterocycles. The molecule has 8 nitrogen and oxygen atoms in total. The molecule has 1 aliphatic rings. The van der Waals surface area contributed by atoms with Crippen molar-refractivity contribution in [1.29, 1.82) is 0 Å². The van der Waals surface area contributed by atoms with E-state index in [1.165, 1.54) is 12.1 Å². The number of nitrogens with zero attached hydrogens (tertiary/aromatic N) is 3. The molecule has 1 fully saturated rings. The molecule has 0 bridgehead atoms. The van der Waals surface area contributed by atoms with Crippen molar-refractivity contribution in [1.82, 2.24) is 15.3 Å². The summed E-state index contributed by atoms with van der Waals surface area (Å²) < 4.78 is 5.76. The van der Waals surface area contributed by atoms with Crippen molar-refractivity contribution in [2.75, 3.05) is 0 Å². The maximum Gasteiger partial charge on any atom is 0.269 e. The smallest absolute Gasteiger partial charge is 0.269 e. The van der Waals surface area contributed by atoms with Crippen LogP contribution in [-0.2, 0) is 16.8 Å². The summed E-state index contributed by atoms with van der Waals surface area (Å²) in [5.41, 5.74) is 3.22. The number of aromatic nitrogens is 2. The van der Waals surface area contributed by atoms with Gasteiger partial charge in [0.2, 0.25) is 11.8 Å². The standard InChI is InChI=1S/C25H22N4O4/c30-24(25(13-1-2-14-25)19-9-11-20(12-10-19)29(31)32)27-16-17-5-7-18(8-6-17)23-28-22-21(33-23)4-3-15-26-22/h3-12,15H,1-2,13-14,16H2,(H,27,30). The summed E-state index contributed by atoms with van der Waals surface area (Å²) in [5, 5.41) is 14.1. The van der Waals surface area contributed by atoms with Gasteiger partial charge in [-0.2, -0.15) is 4.98 Å². The highest BCUT2D eigenvalue weighted by atomic mass is 16.6. The van der Waals surface area contributed by atoms with Gasteiger partial charge in [-0.3, -0.25) is 14.9 Å². The van der Waals surface area contributed by atoms with E-state index in [-0.39, 0.29) is 11.6 Å². The molecule has 0 unspecified atom stereocenters. The van der Waals surface area contributed by atoms with E-state index >= 15 is 0 Å². The molecule has 0 aliphatic heterocycles. The normalized spacial score (nSPS) is 14.9. The number of nitro groups is 1. The van der Waals surface area contributed by atoms with Crippen molar-refractivity contribution in [3.8, 4) is 11.5 Å². The van der Waals surface area contributed by atoms with Crippen LogP contribution in [0.15, 0.2) is 71.3 Å². The zero-order chi connectivity index (χ0) is 22.8. The monoisotopic (exact) mass is 442 g/mol. The minimum atomic E-state index is -0.639. The third-order valence-electron chi connectivity index (χ3n) is 6.34. The second-order valence-electron chi connectivity index (χ2n) is 8.32. The summed E-state index contributed by atoms with van der Waals surface area (Å²) in [7, 11) is 0. The Morgan fingerprint density at radius 2 is 1.79 bits per heavy atom. The van der Waals surface area contributed by atoms with E-state index in [0.717, 1.165) is 42.4 Å². The number of fused-ring (bicyclic) bond motifs is 1. The molecule has 1 aliphatic carbocycles. The number of non-ortho nitro benzene ring substituents is 1. The van der Waals surface area contributed by atoms with Crippen molar-refractivity contribution < 1.29 is 14.1 Å². The maximum atomic E-state index is 13.3. The molecule has 0 atom stereocenters. The lowest BCUT2D eigenvalue weighted by molar-refractivity contribution is -0.384. The van der Waals surface area contributed by atoms with Crippen LogP contribution in [0.5, 0.6) is 0 Å². The molecule has 8 heteroatoms. The molecule has 2 aromatic carbocycles. The first kappa shape index (κ1) is 20.8. The zero-order valence-electron chi connectivity index (χ0n) is 17.9. The Kier molecular flexibility index (Phi) is 5.34. The van der Waals surface area contributed by atoms with Crippen LogP contribution in [-0.4, -0.2) is 20.8 Å². The number of hydrogen-bond donors (Lipinski definition) is 1.